The van der Waals surface area contributed by atoms with Crippen molar-refractivity contribution in [3.05, 3.63) is 0 Å². The third-order valence-electron chi connectivity index (χ3n) is 12.7. The van der Waals surface area contributed by atoms with Gasteiger partial charge in [0, 0.05) is 75.9 Å². The van der Waals surface area contributed by atoms with E-state index in [2.05, 4.69) is 12.2 Å². The molecule has 24 nitrogen and oxygen atoms in total. The topological polar surface area (TPSA) is 338 Å². The zero-order valence-corrected chi connectivity index (χ0v) is 47.3. The second-order valence-electron chi connectivity index (χ2n) is 20.8. The normalized spacial score (nSPS) is 19.5. The van der Waals surface area contributed by atoms with Crippen molar-refractivity contribution in [2.75, 3.05) is 158 Å². The highest BCUT2D eigenvalue weighted by Gasteiger charge is 2.31. The van der Waals surface area contributed by atoms with E-state index in [4.69, 9.17) is 37.9 Å². The number of hydrogen-bond donors (Lipinski definition) is 13. The zero-order valence-electron chi connectivity index (χ0n) is 47.3. The number of hydrogen-bond acceptors (Lipinski definition) is 24. The molecule has 0 spiro atoms. The number of nitrogens with zero attached hydrogens (tertiary/aromatic N) is 3. The van der Waals surface area contributed by atoms with E-state index in [9.17, 15) is 61.3 Å². The van der Waals surface area contributed by atoms with Gasteiger partial charge in [-0.3, -0.25) is 14.7 Å². The number of ether oxygens (including phenoxy) is 8. The summed E-state index contributed by atoms with van der Waals surface area (Å²) in [5, 5.41) is 120. The van der Waals surface area contributed by atoms with Crippen LogP contribution in [0.4, 0.5) is 0 Å². The number of rotatable bonds is 52. The monoisotopic (exact) mass is 1100 g/mol. The third kappa shape index (κ3) is 36.1. The van der Waals surface area contributed by atoms with Crippen molar-refractivity contribution >= 4 is 0 Å². The van der Waals surface area contributed by atoms with Gasteiger partial charge in [0.1, 0.15) is 0 Å². The molecule has 75 heavy (non-hydrogen) atoms. The molecular formula is C51H108N4O20. The molecule has 0 fully saturated rings. The summed E-state index contributed by atoms with van der Waals surface area (Å²) < 4.78 is 49.1. The molecule has 15 unspecified atom stereocenters. The minimum absolute atomic E-state index is 0.103. The van der Waals surface area contributed by atoms with Crippen molar-refractivity contribution in [1.82, 2.24) is 20.0 Å². The Morgan fingerprint density at radius 1 is 0.360 bits per heavy atom. The number of nitrogens with one attached hydrogen (secondary N) is 1. The molecule has 0 aliphatic rings. The predicted molar refractivity (Wildman–Crippen MR) is 281 cm³/mol. The van der Waals surface area contributed by atoms with Gasteiger partial charge in [-0.1, -0.05) is 6.92 Å². The smallest absolute Gasteiger partial charge is 0.0897 e. The lowest BCUT2D eigenvalue weighted by molar-refractivity contribution is -0.0968. The minimum atomic E-state index is -1.00. The van der Waals surface area contributed by atoms with Gasteiger partial charge in [0.15, 0.2) is 0 Å². The van der Waals surface area contributed by atoms with E-state index in [1.54, 1.807) is 14.7 Å². The molecule has 13 N–H and O–H groups in total. The van der Waals surface area contributed by atoms with Gasteiger partial charge in [-0.05, 0) is 68.7 Å². The molecule has 0 aromatic carbocycles. The molecule has 0 aromatic rings. The molecule has 0 rings (SSSR count). The maximum atomic E-state index is 10.0. The van der Waals surface area contributed by atoms with Gasteiger partial charge in [-0.2, -0.15) is 0 Å². The Hall–Kier alpha value is -0.960. The maximum absolute atomic E-state index is 10.0. The molecule has 0 aliphatic heterocycles. The standard InChI is InChI=1S/C51H108N4O20/c1-11-51(33-52-12-39(5)73-30-42(8)70-25-36(2)53(13-45(62)19-56)14-46(63)20-57,34-68-28-40(6)74-31-43(9)71-26-37(3)54(15-47(64)21-58)16-48(65)22-59)35-69-29-41(7)75-32-44(10)72-27-38(4)55(17-49(66)23-60)18-50(67)24-61/h36-50,52,56-67H,11-35H2,1-10H3. The Bertz CT molecular complexity index is 1130. The molecule has 24 heteroatoms. The van der Waals surface area contributed by atoms with Crippen LogP contribution in [0.3, 0.4) is 0 Å². The summed E-state index contributed by atoms with van der Waals surface area (Å²) >= 11 is 0. The van der Waals surface area contributed by atoms with Gasteiger partial charge in [0.05, 0.1) is 179 Å². The van der Waals surface area contributed by atoms with E-state index in [0.29, 0.717) is 52.5 Å². The van der Waals surface area contributed by atoms with Gasteiger partial charge in [-0.25, -0.2) is 0 Å². The first kappa shape index (κ1) is 74.0. The quantitative estimate of drug-likeness (QED) is 0.0283. The largest absolute Gasteiger partial charge is 0.394 e. The van der Waals surface area contributed by atoms with Crippen molar-refractivity contribution in [3.8, 4) is 0 Å². The van der Waals surface area contributed by atoms with E-state index < -0.39 is 81.7 Å². The first-order valence-electron chi connectivity index (χ1n) is 27.0. The molecule has 0 saturated carbocycles. The zero-order chi connectivity index (χ0) is 56.9. The maximum Gasteiger partial charge on any atom is 0.0897 e. The van der Waals surface area contributed by atoms with E-state index in [-0.39, 0.29) is 127 Å². The van der Waals surface area contributed by atoms with Crippen LogP contribution in [-0.2, 0) is 37.9 Å². The van der Waals surface area contributed by atoms with Crippen LogP contribution >= 0.6 is 0 Å². The highest BCUT2D eigenvalue weighted by molar-refractivity contribution is 4.82. The van der Waals surface area contributed by atoms with E-state index >= 15 is 0 Å². The van der Waals surface area contributed by atoms with Gasteiger partial charge >= 0.3 is 0 Å². The second-order valence-corrected chi connectivity index (χ2v) is 20.8. The number of aliphatic hydroxyl groups is 12. The van der Waals surface area contributed by atoms with Crippen LogP contribution in [0.1, 0.15) is 75.7 Å². The van der Waals surface area contributed by atoms with Crippen LogP contribution in [0.15, 0.2) is 0 Å². The Morgan fingerprint density at radius 3 is 0.853 bits per heavy atom. The molecule has 0 aliphatic carbocycles. The lowest BCUT2D eigenvalue weighted by Crippen LogP contribution is -2.47. The summed E-state index contributed by atoms with van der Waals surface area (Å²) in [6.45, 7) is 21.2. The first-order valence-corrected chi connectivity index (χ1v) is 27.0. The fourth-order valence-electron chi connectivity index (χ4n) is 7.60. The molecule has 0 aromatic heterocycles. The Kier molecular flexibility index (Phi) is 43.2. The molecule has 0 saturated heterocycles. The first-order chi connectivity index (χ1) is 35.5. The van der Waals surface area contributed by atoms with Crippen molar-refractivity contribution in [2.45, 2.75) is 167 Å². The van der Waals surface area contributed by atoms with E-state index in [1.165, 1.54) is 0 Å². The number of aliphatic hydroxyl groups excluding tert-OH is 12. The fourth-order valence-corrected chi connectivity index (χ4v) is 7.60. The SMILES string of the molecule is CCC(CNCC(C)OCC(C)OCC(C)N(CC(O)CO)CC(O)CO)(COCC(C)OCC(C)OCC(C)N(CC(O)CO)CC(O)CO)COCC(C)OCC(C)OCC(C)N(CC(O)CO)CC(O)CO. The van der Waals surface area contributed by atoms with Crippen LogP contribution in [-0.4, -0.2) is 325 Å². The summed E-state index contributed by atoms with van der Waals surface area (Å²) in [5.41, 5.74) is -0.456. The van der Waals surface area contributed by atoms with Crippen LogP contribution in [0.25, 0.3) is 0 Å². The Morgan fingerprint density at radius 2 is 0.600 bits per heavy atom. The molecule has 0 bridgehead atoms. The summed E-state index contributed by atoms with van der Waals surface area (Å²) in [4.78, 5) is 5.28. The van der Waals surface area contributed by atoms with Crippen LogP contribution in [0.2, 0.25) is 0 Å². The predicted octanol–water partition coefficient (Wildman–Crippen LogP) is -3.37. The molecule has 0 amide bonds. The molecule has 0 heterocycles. The van der Waals surface area contributed by atoms with Crippen LogP contribution in [0, 0.1) is 5.41 Å². The van der Waals surface area contributed by atoms with Gasteiger partial charge in [0.2, 0.25) is 0 Å². The average Bonchev–Trinajstić information content (AvgIpc) is 3.39. The minimum Gasteiger partial charge on any atom is -0.394 e. The molecule has 452 valence electrons. The van der Waals surface area contributed by atoms with Gasteiger partial charge in [-0.15, -0.1) is 0 Å². The highest BCUT2D eigenvalue weighted by Crippen LogP contribution is 2.23. The van der Waals surface area contributed by atoms with Crippen LogP contribution < -0.4 is 5.32 Å². The highest BCUT2D eigenvalue weighted by atomic mass is 16.6. The molecule has 15 atom stereocenters. The van der Waals surface area contributed by atoms with Crippen molar-refractivity contribution < 1.29 is 99.2 Å². The summed E-state index contributed by atoms with van der Waals surface area (Å²) in [6.07, 6.45) is -6.92. The summed E-state index contributed by atoms with van der Waals surface area (Å²) in [5.74, 6) is 0. The molecule has 0 radical (unpaired) electrons. The van der Waals surface area contributed by atoms with Crippen LogP contribution in [0.5, 0.6) is 0 Å². The van der Waals surface area contributed by atoms with Crippen molar-refractivity contribution in [1.29, 1.82) is 0 Å². The van der Waals surface area contributed by atoms with Gasteiger partial charge < -0.3 is 104 Å². The van der Waals surface area contributed by atoms with Crippen molar-refractivity contribution in [2.24, 2.45) is 5.41 Å². The van der Waals surface area contributed by atoms with E-state index in [0.717, 1.165) is 0 Å². The lowest BCUT2D eigenvalue weighted by Gasteiger charge is -2.34. The Balaban J connectivity index is 5.54. The summed E-state index contributed by atoms with van der Waals surface area (Å²) in [6, 6.07) is -0.694. The van der Waals surface area contributed by atoms with Crippen molar-refractivity contribution in [3.63, 3.8) is 0 Å². The third-order valence-corrected chi connectivity index (χ3v) is 12.7. The second kappa shape index (κ2) is 43.8. The average molecular weight is 1100 g/mol. The van der Waals surface area contributed by atoms with Gasteiger partial charge in [0.25, 0.3) is 0 Å². The Labute approximate surface area is 448 Å². The molecular weight excluding hydrogens is 989 g/mol. The fraction of sp³-hybridized carbons (Fsp3) is 1.00. The van der Waals surface area contributed by atoms with E-state index in [1.807, 2.05) is 62.3 Å². The summed E-state index contributed by atoms with van der Waals surface area (Å²) in [7, 11) is 0. The lowest BCUT2D eigenvalue weighted by atomic mass is 9.86.